The van der Waals surface area contributed by atoms with Crippen LogP contribution < -0.4 is 11.1 Å². The second-order valence-electron chi connectivity index (χ2n) is 10.7. The molecule has 230 valence electrons. The van der Waals surface area contributed by atoms with Crippen molar-refractivity contribution in [1.29, 1.82) is 0 Å². The molecule has 2 heterocycles. The maximum absolute atomic E-state index is 14.1. The number of carbonyl (C=O) groups is 2. The van der Waals surface area contributed by atoms with Gasteiger partial charge in [0.25, 0.3) is 12.3 Å². The van der Waals surface area contributed by atoms with Crippen molar-refractivity contribution in [2.75, 3.05) is 0 Å². The molecule has 0 radical (unpaired) electrons. The fourth-order valence-corrected chi connectivity index (χ4v) is 5.26. The van der Waals surface area contributed by atoms with Crippen molar-refractivity contribution in [3.8, 4) is 0 Å². The summed E-state index contributed by atoms with van der Waals surface area (Å²) in [5, 5.41) is 10.0. The van der Waals surface area contributed by atoms with E-state index in [9.17, 15) is 40.3 Å². The fourth-order valence-electron chi connectivity index (χ4n) is 5.26. The average Bonchev–Trinajstić information content (AvgIpc) is 3.52. The number of aromatic amines is 1. The summed E-state index contributed by atoms with van der Waals surface area (Å²) in [6, 6.07) is 2.61. The van der Waals surface area contributed by atoms with Crippen LogP contribution >= 0.6 is 0 Å². The summed E-state index contributed by atoms with van der Waals surface area (Å²) < 4.78 is 94.0. The van der Waals surface area contributed by atoms with Gasteiger partial charge in [-0.2, -0.15) is 13.2 Å². The van der Waals surface area contributed by atoms with E-state index in [1.54, 1.807) is 25.1 Å². The van der Waals surface area contributed by atoms with Gasteiger partial charge in [-0.05, 0) is 50.3 Å². The highest BCUT2D eigenvalue weighted by Crippen LogP contribution is 2.45. The van der Waals surface area contributed by atoms with Crippen LogP contribution in [0.3, 0.4) is 0 Å². The Morgan fingerprint density at radius 2 is 1.86 bits per heavy atom. The highest BCUT2D eigenvalue weighted by Gasteiger charge is 2.43. The molecule has 2 aromatic heterocycles. The minimum absolute atomic E-state index is 0.00655. The van der Waals surface area contributed by atoms with Gasteiger partial charge in [-0.1, -0.05) is 11.3 Å². The minimum atomic E-state index is -4.47. The number of halogens is 7. The van der Waals surface area contributed by atoms with Gasteiger partial charge in [0.1, 0.15) is 11.9 Å². The molecule has 1 aliphatic carbocycles. The van der Waals surface area contributed by atoms with E-state index >= 15 is 0 Å². The molecule has 0 spiro atoms. The third-order valence-corrected chi connectivity index (χ3v) is 7.57. The Morgan fingerprint density at radius 3 is 2.45 bits per heavy atom. The van der Waals surface area contributed by atoms with Gasteiger partial charge in [-0.3, -0.25) is 9.59 Å². The first-order valence-corrected chi connectivity index (χ1v) is 13.3. The van der Waals surface area contributed by atoms with Crippen LogP contribution in [0.1, 0.15) is 97.9 Å². The van der Waals surface area contributed by atoms with E-state index in [1.807, 2.05) is 0 Å². The van der Waals surface area contributed by atoms with E-state index in [-0.39, 0.29) is 30.1 Å². The lowest BCUT2D eigenvalue weighted by atomic mass is 9.76. The van der Waals surface area contributed by atoms with Crippen LogP contribution in [0.25, 0.3) is 11.0 Å². The molecule has 42 heavy (non-hydrogen) atoms. The van der Waals surface area contributed by atoms with Crippen molar-refractivity contribution in [3.05, 3.63) is 41.0 Å². The van der Waals surface area contributed by atoms with Gasteiger partial charge in [-0.25, -0.2) is 27.2 Å². The number of benzene rings is 1. The number of imidazole rings is 1. The molecule has 1 fully saturated rings. The topological polar surface area (TPSA) is 132 Å². The second-order valence-corrected chi connectivity index (χ2v) is 10.7. The smallest absolute Gasteiger partial charge is 0.364 e. The van der Waals surface area contributed by atoms with Gasteiger partial charge < -0.3 is 16.0 Å². The molecule has 0 aliphatic heterocycles. The highest BCUT2D eigenvalue weighted by molar-refractivity contribution is 5.92. The number of nitrogens with zero attached hydrogens (tertiary/aromatic N) is 4. The molecule has 0 saturated heterocycles. The van der Waals surface area contributed by atoms with Crippen molar-refractivity contribution in [2.45, 2.75) is 88.9 Å². The predicted octanol–water partition coefficient (Wildman–Crippen LogP) is 5.56. The van der Waals surface area contributed by atoms with Crippen LogP contribution in [0.5, 0.6) is 0 Å². The molecule has 3 atom stereocenters. The molecule has 4 N–H and O–H groups in total. The van der Waals surface area contributed by atoms with Crippen LogP contribution in [-0.2, 0) is 4.79 Å². The summed E-state index contributed by atoms with van der Waals surface area (Å²) in [7, 11) is 0. The van der Waals surface area contributed by atoms with Crippen molar-refractivity contribution < 1.29 is 40.3 Å². The maximum atomic E-state index is 14.1. The molecule has 1 aliphatic rings. The lowest BCUT2D eigenvalue weighted by Crippen LogP contribution is -2.31. The predicted molar refractivity (Wildman–Crippen MR) is 136 cm³/mol. The van der Waals surface area contributed by atoms with Gasteiger partial charge in [0.05, 0.1) is 35.1 Å². The molecule has 0 bridgehead atoms. The van der Waals surface area contributed by atoms with Gasteiger partial charge in [0, 0.05) is 19.3 Å². The van der Waals surface area contributed by atoms with Crippen molar-refractivity contribution in [3.63, 3.8) is 0 Å². The normalized spacial score (nSPS) is 18.2. The monoisotopic (exact) mass is 605 g/mol. The third kappa shape index (κ3) is 7.01. The number of rotatable bonds is 10. The Morgan fingerprint density at radius 1 is 1.19 bits per heavy atom. The fraction of sp³-hybridized carbons (Fsp3) is 0.577. The van der Waals surface area contributed by atoms with Gasteiger partial charge in [-0.15, -0.1) is 5.10 Å². The summed E-state index contributed by atoms with van der Waals surface area (Å²) in [5.74, 6) is -6.06. The molecule has 1 unspecified atom stereocenters. The Bertz CT molecular complexity index is 1430. The summed E-state index contributed by atoms with van der Waals surface area (Å²) in [6.45, 7) is 2.76. The lowest BCUT2D eigenvalue weighted by Gasteiger charge is -2.33. The van der Waals surface area contributed by atoms with Crippen molar-refractivity contribution in [1.82, 2.24) is 30.3 Å². The molecule has 2 amide bonds. The standard InChI is InChI=1S/C26H30F7N7O2/c1-12(35-18(41)7-10-26(31,32)33)15-3-4-16-17(11-15)37-24(36-16)19(14-5-8-25(29,30)9-6-14)21-20(23(34)42)38-39-40(21)13(2)22(27)28/h3-4,11-14,19,22H,5-10H2,1-2H3,(H2,34,42)(H,35,41)(H,36,37)/t12-,13?,19+/m1/s1. The van der Waals surface area contributed by atoms with Crippen molar-refractivity contribution >= 4 is 22.8 Å². The maximum Gasteiger partial charge on any atom is 0.389 e. The zero-order chi connectivity index (χ0) is 31.0. The number of aromatic nitrogens is 5. The number of nitrogens with two attached hydrogens (primary N) is 1. The van der Waals surface area contributed by atoms with Crippen LogP contribution in [0.15, 0.2) is 18.2 Å². The van der Waals surface area contributed by atoms with Crippen LogP contribution in [0, 0.1) is 5.92 Å². The lowest BCUT2D eigenvalue weighted by molar-refractivity contribution is -0.144. The summed E-state index contributed by atoms with van der Waals surface area (Å²) in [5.41, 5.74) is 6.44. The number of primary amides is 1. The van der Waals surface area contributed by atoms with Gasteiger partial charge in [0.2, 0.25) is 11.8 Å². The molecule has 16 heteroatoms. The summed E-state index contributed by atoms with van der Waals surface area (Å²) in [6.07, 6.45) is -10.3. The summed E-state index contributed by atoms with van der Waals surface area (Å²) in [4.78, 5) is 32.0. The summed E-state index contributed by atoms with van der Waals surface area (Å²) >= 11 is 0. The van der Waals surface area contributed by atoms with E-state index in [1.165, 1.54) is 6.92 Å². The van der Waals surface area contributed by atoms with Crippen molar-refractivity contribution in [2.24, 2.45) is 11.7 Å². The van der Waals surface area contributed by atoms with Gasteiger partial charge >= 0.3 is 6.18 Å². The zero-order valence-corrected chi connectivity index (χ0v) is 22.7. The number of hydrogen-bond acceptors (Lipinski definition) is 5. The first-order valence-electron chi connectivity index (χ1n) is 13.3. The second kappa shape index (κ2) is 11.9. The number of hydrogen-bond donors (Lipinski definition) is 3. The quantitative estimate of drug-likeness (QED) is 0.261. The Kier molecular flexibility index (Phi) is 8.83. The van der Waals surface area contributed by atoms with E-state index in [0.717, 1.165) is 4.68 Å². The number of amides is 2. The molecule has 4 rings (SSSR count). The largest absolute Gasteiger partial charge is 0.389 e. The number of carbonyl (C=O) groups excluding carboxylic acids is 2. The molecule has 3 aromatic rings. The number of fused-ring (bicyclic) bond motifs is 1. The SMILES string of the molecule is CC(C(F)F)n1nnc(C(N)=O)c1[C@@H](c1nc2ccc([C@@H](C)NC(=O)CCC(F)(F)F)cc2[nH]1)C1CCC(F)(F)CC1. The number of alkyl halides is 7. The molecular weight excluding hydrogens is 575 g/mol. The third-order valence-electron chi connectivity index (χ3n) is 7.57. The van der Waals surface area contributed by atoms with Crippen LogP contribution in [0.4, 0.5) is 30.7 Å². The minimum Gasteiger partial charge on any atom is -0.364 e. The first-order chi connectivity index (χ1) is 19.6. The van der Waals surface area contributed by atoms with E-state index in [2.05, 4.69) is 25.6 Å². The Balaban J connectivity index is 1.73. The highest BCUT2D eigenvalue weighted by atomic mass is 19.4. The van der Waals surface area contributed by atoms with Gasteiger partial charge in [0.15, 0.2) is 5.69 Å². The first kappa shape index (κ1) is 31.2. The Hall–Kier alpha value is -3.72. The molecular formula is C26H30F7N7O2. The Labute approximate surface area is 235 Å². The molecule has 9 nitrogen and oxygen atoms in total. The molecule has 1 saturated carbocycles. The number of nitrogens with one attached hydrogen (secondary N) is 2. The molecule has 1 aromatic carbocycles. The number of H-pyrrole nitrogens is 1. The zero-order valence-electron chi connectivity index (χ0n) is 22.7. The average molecular weight is 606 g/mol. The van der Waals surface area contributed by atoms with Crippen LogP contribution in [0.2, 0.25) is 0 Å². The van der Waals surface area contributed by atoms with E-state index in [0.29, 0.717) is 16.6 Å². The van der Waals surface area contributed by atoms with E-state index in [4.69, 9.17) is 5.73 Å². The van der Waals surface area contributed by atoms with E-state index < -0.39 is 79.9 Å². The van der Waals surface area contributed by atoms with Crippen LogP contribution in [-0.4, -0.2) is 55.3 Å².